The van der Waals surface area contributed by atoms with Crippen LogP contribution in [0.15, 0.2) is 134 Å². The average molecular weight is 658 g/mol. The van der Waals surface area contributed by atoms with Gasteiger partial charge in [0, 0.05) is 32.7 Å². The molecule has 7 nitrogen and oxygen atoms in total. The predicted octanol–water partition coefficient (Wildman–Crippen LogP) is 4.88. The molecule has 0 N–H and O–H groups in total. The van der Waals surface area contributed by atoms with Gasteiger partial charge < -0.3 is 4.74 Å². The number of benzene rings is 5. The summed E-state index contributed by atoms with van der Waals surface area (Å²) in [6.07, 6.45) is 6.21. The molecule has 1 atom stereocenters. The number of aryl methyl sites for hydroxylation is 1. The second-order valence-electron chi connectivity index (χ2n) is 14.2. The normalized spacial score (nSPS) is 18.1. The second-order valence-corrected chi connectivity index (χ2v) is 17.8. The zero-order chi connectivity index (χ0) is 32.2. The van der Waals surface area contributed by atoms with Gasteiger partial charge >= 0.3 is 17.2 Å². The maximum absolute atomic E-state index is 7.06. The molecule has 50 heavy (non-hydrogen) atoms. The third-order valence-electron chi connectivity index (χ3n) is 12.4. The first-order chi connectivity index (χ1) is 24.8. The fraction of sp³-hybridized carbons (Fsp3) is 0.0238. The Kier molecular flexibility index (Phi) is 3.76. The molecule has 0 aliphatic carbocycles. The third kappa shape index (κ3) is 2.18. The van der Waals surface area contributed by atoms with Crippen molar-refractivity contribution in [2.75, 3.05) is 0 Å². The monoisotopic (exact) mass is 657 g/mol. The first kappa shape index (κ1) is 24.7. The fourth-order valence-corrected chi connectivity index (χ4v) is 16.4. The van der Waals surface area contributed by atoms with Crippen LogP contribution in [0.1, 0.15) is 0 Å². The lowest BCUT2D eigenvalue weighted by molar-refractivity contribution is -1.01. The van der Waals surface area contributed by atoms with Crippen LogP contribution in [0.2, 0.25) is 0 Å². The van der Waals surface area contributed by atoms with Gasteiger partial charge in [-0.05, 0) is 62.6 Å². The number of ether oxygens (including phenoxy) is 1. The first-order valence-electron chi connectivity index (χ1n) is 17.2. The summed E-state index contributed by atoms with van der Waals surface area (Å²) in [4.78, 5) is 4.72. The Hall–Kier alpha value is -6.35. The maximum Gasteiger partial charge on any atom is 0.352 e. The van der Waals surface area contributed by atoms with Crippen molar-refractivity contribution in [1.82, 2.24) is 18.8 Å². The smallest absolute Gasteiger partial charge is 0.352 e. The van der Waals surface area contributed by atoms with Crippen LogP contribution in [0.3, 0.4) is 0 Å². The Morgan fingerprint density at radius 3 is 2.28 bits per heavy atom. The molecule has 2 spiro atoms. The van der Waals surface area contributed by atoms with Crippen molar-refractivity contribution < 1.29 is 14.1 Å². The molecule has 0 fully saturated rings. The summed E-state index contributed by atoms with van der Waals surface area (Å²) >= 11 is 0. The van der Waals surface area contributed by atoms with Crippen LogP contribution >= 0.6 is 0 Å². The van der Waals surface area contributed by atoms with Crippen molar-refractivity contribution in [2.45, 2.75) is 0 Å². The van der Waals surface area contributed by atoms with E-state index in [-0.39, 0.29) is 0 Å². The third-order valence-corrected chi connectivity index (χ3v) is 17.3. The van der Waals surface area contributed by atoms with Crippen LogP contribution in [0.4, 0.5) is 11.4 Å². The number of para-hydroxylation sites is 2. The van der Waals surface area contributed by atoms with E-state index < -0.39 is 8.07 Å². The molecule has 9 heterocycles. The molecule has 9 aromatic rings. The Morgan fingerprint density at radius 1 is 0.680 bits per heavy atom. The van der Waals surface area contributed by atoms with E-state index >= 15 is 0 Å². The van der Waals surface area contributed by atoms with Crippen molar-refractivity contribution in [3.8, 4) is 39.7 Å². The lowest BCUT2D eigenvalue weighted by Crippen LogP contribution is -2.85. The van der Waals surface area contributed by atoms with Crippen LogP contribution in [0.5, 0.6) is 11.5 Å². The number of quaternary nitrogens is 1. The van der Waals surface area contributed by atoms with E-state index in [1.807, 2.05) is 12.4 Å². The summed E-state index contributed by atoms with van der Waals surface area (Å²) in [5, 5.41) is 8.35. The average Bonchev–Trinajstić information content (AvgIpc) is 3.86. The topological polar surface area (TPSA) is 39.7 Å². The molecule has 5 aliphatic heterocycles. The van der Waals surface area contributed by atoms with Gasteiger partial charge in [0.05, 0.1) is 23.3 Å². The minimum atomic E-state index is -2.82. The molecule has 1 unspecified atom stereocenters. The van der Waals surface area contributed by atoms with E-state index in [4.69, 9.17) is 9.72 Å². The molecular formula is C42H25N6OSi+3. The summed E-state index contributed by atoms with van der Waals surface area (Å²) in [6.45, 7) is 0. The van der Waals surface area contributed by atoms with E-state index in [1.54, 1.807) is 0 Å². The molecule has 14 rings (SSSR count). The van der Waals surface area contributed by atoms with Crippen LogP contribution in [-0.2, 0) is 7.05 Å². The molecule has 8 heteroatoms. The van der Waals surface area contributed by atoms with Crippen LogP contribution in [0, 0.1) is 0 Å². The Labute approximate surface area is 285 Å². The molecule has 0 bridgehead atoms. The number of nitrogens with zero attached hydrogens (tertiary/aromatic N) is 6. The molecule has 5 aliphatic rings. The van der Waals surface area contributed by atoms with Crippen molar-refractivity contribution in [3.63, 3.8) is 0 Å². The van der Waals surface area contributed by atoms with Gasteiger partial charge in [0.15, 0.2) is 25.5 Å². The van der Waals surface area contributed by atoms with Gasteiger partial charge in [-0.25, -0.2) is 4.57 Å². The highest BCUT2D eigenvalue weighted by atomic mass is 28.3. The molecule has 0 saturated carbocycles. The highest BCUT2D eigenvalue weighted by Gasteiger charge is 2.71. The highest BCUT2D eigenvalue weighted by Crippen LogP contribution is 2.60. The van der Waals surface area contributed by atoms with Crippen molar-refractivity contribution in [2.24, 2.45) is 7.05 Å². The van der Waals surface area contributed by atoms with Gasteiger partial charge in [0.2, 0.25) is 11.4 Å². The zero-order valence-electron chi connectivity index (χ0n) is 26.8. The molecule has 0 saturated heterocycles. The number of hydrogen-bond acceptors (Lipinski definition) is 2. The largest absolute Gasteiger partial charge is 0.444 e. The molecule has 230 valence electrons. The van der Waals surface area contributed by atoms with Crippen molar-refractivity contribution >= 4 is 73.2 Å². The number of imidazole rings is 1. The quantitative estimate of drug-likeness (QED) is 0.133. The summed E-state index contributed by atoms with van der Waals surface area (Å²) < 4.78 is 17.3. The molecule has 4 aromatic heterocycles. The minimum Gasteiger partial charge on any atom is -0.444 e. The van der Waals surface area contributed by atoms with Crippen LogP contribution in [-0.4, -0.2) is 22.2 Å². The van der Waals surface area contributed by atoms with Gasteiger partial charge in [0.25, 0.3) is 11.2 Å². The number of pyridine rings is 2. The van der Waals surface area contributed by atoms with E-state index in [0.29, 0.717) is 4.70 Å². The number of fused-ring (bicyclic) bond motifs is 12. The fourth-order valence-electron chi connectivity index (χ4n) is 10.9. The van der Waals surface area contributed by atoms with E-state index in [2.05, 4.69) is 147 Å². The zero-order valence-corrected chi connectivity index (χ0v) is 27.8. The van der Waals surface area contributed by atoms with E-state index in [0.717, 1.165) is 39.7 Å². The molecule has 0 amide bonds. The predicted molar refractivity (Wildman–Crippen MR) is 196 cm³/mol. The summed E-state index contributed by atoms with van der Waals surface area (Å²) in [7, 11) is -0.642. The Balaban J connectivity index is 1.32. The van der Waals surface area contributed by atoms with Gasteiger partial charge in [0.1, 0.15) is 11.1 Å². The van der Waals surface area contributed by atoms with Crippen LogP contribution < -0.4 is 39.5 Å². The molecule has 5 aromatic carbocycles. The van der Waals surface area contributed by atoms with E-state index in [1.165, 1.54) is 65.1 Å². The SMILES string of the molecule is Cn1c2[n+](c3cnccc31)[N+]13c4c(cccc4-2)Oc2ccc4c(c21)-n1c2c(cccc2c2ccc[n+]3c21)[Si]41c2ccccc2-c2ccccc21. The number of aromatic nitrogens is 5. The number of rotatable bonds is 0. The minimum absolute atomic E-state index is 0.332. The van der Waals surface area contributed by atoms with Crippen molar-refractivity contribution in [3.05, 3.63) is 134 Å². The Morgan fingerprint density at radius 2 is 1.42 bits per heavy atom. The van der Waals surface area contributed by atoms with Crippen molar-refractivity contribution in [1.29, 1.82) is 0 Å². The summed E-state index contributed by atoms with van der Waals surface area (Å²) in [6, 6.07) is 43.4. The Bertz CT molecular complexity index is 3130. The lowest BCUT2D eigenvalue weighted by Gasteiger charge is -2.39. The van der Waals surface area contributed by atoms with Gasteiger partial charge in [-0.15, -0.1) is 0 Å². The summed E-state index contributed by atoms with van der Waals surface area (Å²) in [5.41, 5.74) is 12.1. The van der Waals surface area contributed by atoms with Crippen LogP contribution in [0.25, 0.3) is 61.2 Å². The van der Waals surface area contributed by atoms with Gasteiger partial charge in [-0.2, -0.15) is 4.57 Å². The molecule has 0 radical (unpaired) electrons. The van der Waals surface area contributed by atoms with E-state index in [9.17, 15) is 0 Å². The first-order valence-corrected chi connectivity index (χ1v) is 19.2. The number of hydrogen-bond donors (Lipinski definition) is 0. The highest BCUT2D eigenvalue weighted by molar-refractivity contribution is 7.23. The second kappa shape index (κ2) is 7.60. The standard InChI is InChI=1S/C42H25N6OSi/c1-44-29-20-21-43-23-30(29)47-41(44)28-12-6-14-31-39(28)48(47)40-32(49-31)18-19-36-38(40)46-37-26(27-13-8-22-45(48)42(27)46)11-7-17-35(37)50(36)33-15-4-2-9-24(33)25-10-3-5-16-34(25)50/h2-23H,1H3/q+3. The van der Waals surface area contributed by atoms with Gasteiger partial charge in [-0.3, -0.25) is 4.98 Å². The molecular weight excluding hydrogens is 633 g/mol. The summed E-state index contributed by atoms with van der Waals surface area (Å²) in [5.74, 6) is 2.90. The maximum atomic E-state index is 7.06. The van der Waals surface area contributed by atoms with Gasteiger partial charge in [-0.1, -0.05) is 72.8 Å². The lowest BCUT2D eigenvalue weighted by atomic mass is 10.1.